The Hall–Kier alpha value is -2.63. The Bertz CT molecular complexity index is 926. The van der Waals surface area contributed by atoms with Crippen LogP contribution in [-0.4, -0.2) is 58.6 Å². The highest BCUT2D eigenvalue weighted by Crippen LogP contribution is 2.20. The van der Waals surface area contributed by atoms with Crippen LogP contribution in [-0.2, 0) is 11.3 Å². The van der Waals surface area contributed by atoms with Gasteiger partial charge in [-0.3, -0.25) is 0 Å². The van der Waals surface area contributed by atoms with E-state index in [1.165, 1.54) is 24.3 Å². The highest BCUT2D eigenvalue weighted by atomic mass is 127. The van der Waals surface area contributed by atoms with Crippen LogP contribution >= 0.6 is 24.0 Å². The molecule has 1 aliphatic rings. The maximum Gasteiger partial charge on any atom is 0.410 e. The van der Waals surface area contributed by atoms with Gasteiger partial charge in [-0.2, -0.15) is 0 Å². The molecule has 1 fully saturated rings. The SMILES string of the molecule is CC(C)(C)OC(=O)N1CCN(C(N)=NCc2ccnc(Oc3ccc(F)cc3)c2)CC1.I. The number of pyridine rings is 1. The van der Waals surface area contributed by atoms with E-state index in [0.29, 0.717) is 50.3 Å². The van der Waals surface area contributed by atoms with Gasteiger partial charge < -0.3 is 25.0 Å². The van der Waals surface area contributed by atoms with Crippen molar-refractivity contribution >= 4 is 36.0 Å². The molecule has 0 spiro atoms. The van der Waals surface area contributed by atoms with Crippen molar-refractivity contribution in [3.8, 4) is 11.6 Å². The number of halogens is 2. The topological polar surface area (TPSA) is 93.3 Å². The van der Waals surface area contributed by atoms with Crippen molar-refractivity contribution in [2.24, 2.45) is 10.7 Å². The van der Waals surface area contributed by atoms with Crippen molar-refractivity contribution < 1.29 is 18.7 Å². The number of piperazine rings is 1. The minimum absolute atomic E-state index is 0. The van der Waals surface area contributed by atoms with Gasteiger partial charge in [-0.25, -0.2) is 19.2 Å². The fraction of sp³-hybridized carbons (Fsp3) is 0.409. The number of amides is 1. The third-order valence-electron chi connectivity index (χ3n) is 4.51. The number of hydrogen-bond donors (Lipinski definition) is 1. The van der Waals surface area contributed by atoms with Crippen LogP contribution in [0, 0.1) is 5.82 Å². The van der Waals surface area contributed by atoms with Gasteiger partial charge in [0, 0.05) is 38.4 Å². The summed E-state index contributed by atoms with van der Waals surface area (Å²) in [6, 6.07) is 9.32. The third kappa shape index (κ3) is 7.81. The normalized spacial score (nSPS) is 14.6. The number of aliphatic imine (C=N–C) groups is 1. The second-order valence-corrected chi connectivity index (χ2v) is 8.19. The Labute approximate surface area is 204 Å². The van der Waals surface area contributed by atoms with E-state index in [9.17, 15) is 9.18 Å². The number of nitrogens with two attached hydrogens (primary N) is 1. The zero-order chi connectivity index (χ0) is 22.4. The number of benzene rings is 1. The fourth-order valence-corrected chi connectivity index (χ4v) is 2.94. The summed E-state index contributed by atoms with van der Waals surface area (Å²) in [6.45, 7) is 8.13. The molecule has 1 saturated heterocycles. The van der Waals surface area contributed by atoms with E-state index in [0.717, 1.165) is 5.56 Å². The second kappa shape index (κ2) is 11.3. The molecule has 2 aromatic rings. The van der Waals surface area contributed by atoms with Crippen LogP contribution in [0.4, 0.5) is 9.18 Å². The quantitative estimate of drug-likeness (QED) is 0.347. The van der Waals surface area contributed by atoms with Gasteiger partial charge >= 0.3 is 6.09 Å². The molecule has 0 unspecified atom stereocenters. The molecular weight excluding hydrogens is 528 g/mol. The number of carbonyl (C=O) groups excluding carboxylic acids is 1. The highest BCUT2D eigenvalue weighted by molar-refractivity contribution is 14.0. The molecule has 2 N–H and O–H groups in total. The lowest BCUT2D eigenvalue weighted by Gasteiger charge is -2.36. The first kappa shape index (κ1) is 25.6. The van der Waals surface area contributed by atoms with Gasteiger partial charge in [-0.1, -0.05) is 0 Å². The van der Waals surface area contributed by atoms with E-state index in [1.807, 2.05) is 31.7 Å². The molecule has 174 valence electrons. The average Bonchev–Trinajstić information content (AvgIpc) is 2.73. The molecule has 1 amide bonds. The summed E-state index contributed by atoms with van der Waals surface area (Å²) in [7, 11) is 0. The van der Waals surface area contributed by atoms with Gasteiger partial charge in [0.25, 0.3) is 0 Å². The van der Waals surface area contributed by atoms with Gasteiger partial charge in [0.05, 0.1) is 6.54 Å². The van der Waals surface area contributed by atoms with Crippen LogP contribution in [0.25, 0.3) is 0 Å². The maximum atomic E-state index is 13.0. The summed E-state index contributed by atoms with van der Waals surface area (Å²) < 4.78 is 24.1. The number of rotatable bonds is 4. The lowest BCUT2D eigenvalue weighted by atomic mass is 10.2. The molecule has 0 saturated carbocycles. The van der Waals surface area contributed by atoms with Gasteiger partial charge in [0.2, 0.25) is 5.88 Å². The number of ether oxygens (including phenoxy) is 2. The van der Waals surface area contributed by atoms with Crippen molar-refractivity contribution in [1.82, 2.24) is 14.8 Å². The smallest absolute Gasteiger partial charge is 0.410 e. The molecule has 10 heteroatoms. The Balaban J connectivity index is 0.00000363. The fourth-order valence-electron chi connectivity index (χ4n) is 2.94. The molecular formula is C22H29FIN5O3. The summed E-state index contributed by atoms with van der Waals surface area (Å²) in [5.74, 6) is 0.980. The van der Waals surface area contributed by atoms with Crippen molar-refractivity contribution in [1.29, 1.82) is 0 Å². The summed E-state index contributed by atoms with van der Waals surface area (Å²) >= 11 is 0. The van der Waals surface area contributed by atoms with E-state index in [-0.39, 0.29) is 35.9 Å². The van der Waals surface area contributed by atoms with Crippen LogP contribution in [0.2, 0.25) is 0 Å². The van der Waals surface area contributed by atoms with Crippen molar-refractivity contribution in [2.45, 2.75) is 32.9 Å². The number of hydrogen-bond acceptors (Lipinski definition) is 5. The molecule has 0 atom stereocenters. The molecule has 1 aromatic carbocycles. The maximum absolute atomic E-state index is 13.0. The zero-order valence-electron chi connectivity index (χ0n) is 18.5. The van der Waals surface area contributed by atoms with Crippen LogP contribution in [0.5, 0.6) is 11.6 Å². The summed E-state index contributed by atoms with van der Waals surface area (Å²) in [5, 5.41) is 0. The Morgan fingerprint density at radius 3 is 2.38 bits per heavy atom. The van der Waals surface area contributed by atoms with E-state index in [2.05, 4.69) is 9.98 Å². The molecule has 0 bridgehead atoms. The molecule has 2 heterocycles. The third-order valence-corrected chi connectivity index (χ3v) is 4.51. The van der Waals surface area contributed by atoms with Crippen molar-refractivity contribution in [2.75, 3.05) is 26.2 Å². The number of aromatic nitrogens is 1. The molecule has 8 nitrogen and oxygen atoms in total. The number of nitrogens with zero attached hydrogens (tertiary/aromatic N) is 4. The van der Waals surface area contributed by atoms with Crippen LogP contribution in [0.1, 0.15) is 26.3 Å². The first-order valence-corrected chi connectivity index (χ1v) is 10.1. The minimum atomic E-state index is -0.515. The average molecular weight is 557 g/mol. The molecule has 32 heavy (non-hydrogen) atoms. The summed E-state index contributed by atoms with van der Waals surface area (Å²) in [5.41, 5.74) is 6.52. The van der Waals surface area contributed by atoms with Crippen molar-refractivity contribution in [3.05, 3.63) is 54.0 Å². The van der Waals surface area contributed by atoms with Gasteiger partial charge in [0.15, 0.2) is 5.96 Å². The van der Waals surface area contributed by atoms with Gasteiger partial charge in [-0.15, -0.1) is 24.0 Å². The Morgan fingerprint density at radius 2 is 1.75 bits per heavy atom. The molecule has 1 aliphatic heterocycles. The standard InChI is InChI=1S/C22H28FN5O3.HI/c1-22(2,3)31-21(29)28-12-10-27(11-13-28)20(24)26-15-16-8-9-25-19(14-16)30-18-6-4-17(23)5-7-18;/h4-9,14H,10-13,15H2,1-3H3,(H2,24,26);1H. The lowest BCUT2D eigenvalue weighted by Crippen LogP contribution is -2.53. The van der Waals surface area contributed by atoms with Crippen LogP contribution < -0.4 is 10.5 Å². The van der Waals surface area contributed by atoms with E-state index < -0.39 is 5.60 Å². The summed E-state index contributed by atoms with van der Waals surface area (Å²) in [4.78, 5) is 24.4. The molecule has 3 rings (SSSR count). The van der Waals surface area contributed by atoms with Gasteiger partial charge in [-0.05, 0) is 56.7 Å². The molecule has 0 aliphatic carbocycles. The second-order valence-electron chi connectivity index (χ2n) is 8.19. The van der Waals surface area contributed by atoms with Gasteiger partial charge in [0.1, 0.15) is 17.2 Å². The predicted molar refractivity (Wildman–Crippen MR) is 131 cm³/mol. The van der Waals surface area contributed by atoms with E-state index in [1.54, 1.807) is 17.2 Å². The predicted octanol–water partition coefficient (Wildman–Crippen LogP) is 4.00. The Kier molecular flexibility index (Phi) is 9.05. The molecule has 1 aromatic heterocycles. The largest absolute Gasteiger partial charge is 0.444 e. The van der Waals surface area contributed by atoms with Crippen LogP contribution in [0.15, 0.2) is 47.6 Å². The van der Waals surface area contributed by atoms with Crippen LogP contribution in [0.3, 0.4) is 0 Å². The highest BCUT2D eigenvalue weighted by Gasteiger charge is 2.26. The monoisotopic (exact) mass is 557 g/mol. The zero-order valence-corrected chi connectivity index (χ0v) is 20.8. The minimum Gasteiger partial charge on any atom is -0.444 e. The van der Waals surface area contributed by atoms with Crippen molar-refractivity contribution in [3.63, 3.8) is 0 Å². The lowest BCUT2D eigenvalue weighted by molar-refractivity contribution is 0.0186. The number of guanidine groups is 1. The first-order chi connectivity index (χ1) is 14.7. The number of carbonyl (C=O) groups is 1. The van der Waals surface area contributed by atoms with E-state index in [4.69, 9.17) is 15.2 Å². The first-order valence-electron chi connectivity index (χ1n) is 10.1. The van der Waals surface area contributed by atoms with E-state index >= 15 is 0 Å². The molecule has 0 radical (unpaired) electrons. The Morgan fingerprint density at radius 1 is 1.12 bits per heavy atom. The summed E-state index contributed by atoms with van der Waals surface area (Å²) in [6.07, 6.45) is 1.31.